The minimum atomic E-state index is 0.784. The van der Waals surface area contributed by atoms with Gasteiger partial charge in [-0.3, -0.25) is 0 Å². The smallest absolute Gasteiger partial charge is 0.0569 e. The van der Waals surface area contributed by atoms with E-state index < -0.39 is 0 Å². The maximum absolute atomic E-state index is 2.31. The van der Waals surface area contributed by atoms with E-state index in [1.807, 2.05) is 0 Å². The van der Waals surface area contributed by atoms with Gasteiger partial charge in [-0.1, -0.05) is 354 Å². The molecule has 0 aliphatic heterocycles. The van der Waals surface area contributed by atoms with Crippen molar-refractivity contribution in [2.75, 3.05) is 12.3 Å². The van der Waals surface area contributed by atoms with Crippen LogP contribution in [0.25, 0.3) is 0 Å². The summed E-state index contributed by atoms with van der Waals surface area (Å²) in [6.45, 7) is 4.63. The molecule has 0 spiro atoms. The normalized spacial score (nSPS) is 12.1. The van der Waals surface area contributed by atoms with E-state index in [1.165, 1.54) is 361 Å². The lowest BCUT2D eigenvalue weighted by molar-refractivity contribution is 0.514. The van der Waals surface area contributed by atoms with E-state index in [0.717, 1.165) is 8.27 Å². The summed E-state index contributed by atoms with van der Waals surface area (Å²) in [5.74, 6) is 0. The van der Waals surface area contributed by atoms with Crippen LogP contribution in [0.5, 0.6) is 0 Å². The molecule has 0 aliphatic carbocycles. The van der Waals surface area contributed by atoms with Crippen LogP contribution in [0.2, 0.25) is 0 Å². The number of unbranched alkanes of at least 4 members (excludes halogenated alkanes) is 54. The average Bonchev–Trinajstić information content (AvgIpc) is 3.28. The Bertz CT molecular complexity index is 662. The summed E-state index contributed by atoms with van der Waals surface area (Å²) in [6, 6.07) is 0. The summed E-state index contributed by atoms with van der Waals surface area (Å²) >= 11 is 0. The highest BCUT2D eigenvalue weighted by molar-refractivity contribution is 8.11. The van der Waals surface area contributed by atoms with Gasteiger partial charge < -0.3 is 0 Å². The van der Waals surface area contributed by atoms with Gasteiger partial charge in [0.05, 0.1) is 6.16 Å². The summed E-state index contributed by atoms with van der Waals surface area (Å²) in [4.78, 5) is 0. The quantitative estimate of drug-likeness (QED) is 0.0421. The highest BCUT2D eigenvalue weighted by Gasteiger charge is 2.01. The molecular formula is C60H125P2+. The molecule has 2 heteroatoms. The summed E-state index contributed by atoms with van der Waals surface area (Å²) in [6.07, 6.45) is 86.8. The van der Waals surface area contributed by atoms with Crippen molar-refractivity contribution in [1.29, 1.82) is 0 Å². The molecule has 0 nitrogen and oxygen atoms in total. The van der Waals surface area contributed by atoms with Crippen LogP contribution in [-0.4, -0.2) is 12.3 Å². The van der Waals surface area contributed by atoms with Crippen molar-refractivity contribution in [1.82, 2.24) is 0 Å². The predicted molar refractivity (Wildman–Crippen MR) is 298 cm³/mol. The lowest BCUT2D eigenvalue weighted by atomic mass is 10.0. The van der Waals surface area contributed by atoms with E-state index in [1.54, 1.807) is 18.7 Å². The Hall–Kier alpha value is 0.860. The van der Waals surface area contributed by atoms with Gasteiger partial charge in [0.1, 0.15) is 0 Å². The van der Waals surface area contributed by atoms with Crippen molar-refractivity contribution in [2.24, 2.45) is 0 Å². The van der Waals surface area contributed by atoms with E-state index >= 15 is 0 Å². The molecule has 2 unspecified atom stereocenters. The third-order valence-corrected chi connectivity index (χ3v) is 18.7. The molecular weight excluding hydrogens is 783 g/mol. The molecule has 62 heavy (non-hydrogen) atoms. The fourth-order valence-corrected chi connectivity index (χ4v) is 13.8. The number of hydrogen-bond acceptors (Lipinski definition) is 0. The second kappa shape index (κ2) is 61.9. The van der Waals surface area contributed by atoms with Crippen LogP contribution >= 0.6 is 16.5 Å². The Labute approximate surface area is 400 Å². The maximum atomic E-state index is 2.31. The van der Waals surface area contributed by atoms with Crippen molar-refractivity contribution in [3.8, 4) is 0 Å². The largest absolute Gasteiger partial charge is 0.0654 e. The van der Waals surface area contributed by atoms with Crippen LogP contribution in [0.3, 0.4) is 0 Å². The van der Waals surface area contributed by atoms with E-state index in [4.69, 9.17) is 0 Å². The van der Waals surface area contributed by atoms with Crippen LogP contribution in [0, 0.1) is 0 Å². The topological polar surface area (TPSA) is 0 Å². The summed E-state index contributed by atoms with van der Waals surface area (Å²) in [7, 11) is 2.12. The molecule has 2 atom stereocenters. The Balaban J connectivity index is 3.06. The first-order valence-electron chi connectivity index (χ1n) is 30.5. The van der Waals surface area contributed by atoms with E-state index in [0.29, 0.717) is 0 Å². The Kier molecular flexibility index (Phi) is 62.7. The highest BCUT2D eigenvalue weighted by atomic mass is 32.0. The number of rotatable bonds is 59. The van der Waals surface area contributed by atoms with Gasteiger partial charge in [-0.2, -0.15) is 0 Å². The van der Waals surface area contributed by atoms with Crippen LogP contribution in [-0.2, 0) is 0 Å². The zero-order chi connectivity index (χ0) is 44.4. The van der Waals surface area contributed by atoms with E-state index in [9.17, 15) is 0 Å². The van der Waals surface area contributed by atoms with E-state index in [2.05, 4.69) is 13.8 Å². The van der Waals surface area contributed by atoms with Crippen molar-refractivity contribution in [3.63, 3.8) is 0 Å². The molecule has 0 amide bonds. The molecule has 0 fully saturated rings. The average molecular weight is 909 g/mol. The van der Waals surface area contributed by atoms with Crippen molar-refractivity contribution >= 4 is 16.5 Å². The van der Waals surface area contributed by atoms with Gasteiger partial charge in [0.25, 0.3) is 0 Å². The predicted octanol–water partition coefficient (Wildman–Crippen LogP) is 23.9. The summed E-state index contributed by atoms with van der Waals surface area (Å²) in [5.41, 5.74) is 0. The van der Waals surface area contributed by atoms with Crippen LogP contribution in [0.15, 0.2) is 0 Å². The molecule has 0 aromatic rings. The maximum Gasteiger partial charge on any atom is 0.0569 e. The molecule has 0 bridgehead atoms. The van der Waals surface area contributed by atoms with Crippen molar-refractivity contribution in [3.05, 3.63) is 0 Å². The molecule has 0 aliphatic rings. The fourth-order valence-electron chi connectivity index (χ4n) is 10.0. The zero-order valence-electron chi connectivity index (χ0n) is 44.1. The van der Waals surface area contributed by atoms with Gasteiger partial charge in [-0.15, -0.1) is 0 Å². The minimum absolute atomic E-state index is 0.784. The monoisotopic (exact) mass is 908 g/mol. The molecule has 0 aromatic heterocycles. The minimum Gasteiger partial charge on any atom is -0.0654 e. The van der Waals surface area contributed by atoms with Gasteiger partial charge in [0.15, 0.2) is 0 Å². The lowest BCUT2D eigenvalue weighted by Gasteiger charge is -2.04. The van der Waals surface area contributed by atoms with Crippen LogP contribution in [0.1, 0.15) is 373 Å². The van der Waals surface area contributed by atoms with Crippen molar-refractivity contribution < 1.29 is 0 Å². The Morgan fingerprint density at radius 1 is 0.177 bits per heavy atom. The van der Waals surface area contributed by atoms with Gasteiger partial charge in [-0.25, -0.2) is 0 Å². The molecule has 0 heterocycles. The molecule has 374 valence electrons. The van der Waals surface area contributed by atoms with Gasteiger partial charge in [-0.05, 0) is 25.4 Å². The van der Waals surface area contributed by atoms with Gasteiger partial charge in [0.2, 0.25) is 0 Å². The second-order valence-electron chi connectivity index (χ2n) is 21.0. The third kappa shape index (κ3) is 60.9. The lowest BCUT2D eigenvalue weighted by Crippen LogP contribution is -1.85. The first-order chi connectivity index (χ1) is 30.9. The standard InChI is InChI=1S/C60H124P2/c1-3-5-7-9-11-13-15-17-19-21-23-25-27-29-31-33-35-37-39-41-43-45-47-49-51-53-55-57-59-61-62-60-58-56-54-52-50-48-46-44-42-40-38-36-34-32-30-28-26-24-22-20-18-16-14-12-10-8-6-4-2/h61-62H,3-60H2,1-2H3/p+1. The zero-order valence-corrected chi connectivity index (χ0v) is 46.2. The molecule has 0 saturated heterocycles. The third-order valence-electron chi connectivity index (χ3n) is 14.5. The molecule has 0 N–H and O–H groups in total. The molecule has 0 rings (SSSR count). The fraction of sp³-hybridized carbons (Fsp3) is 1.00. The molecule has 0 radical (unpaired) electrons. The SMILES string of the molecule is CCCCCCCCCCCCCCCCCCCCCCCCCCCCCCP[PH2+]CCCCCCCCCCCCCCCCCCCCCCCCCCCCCC. The van der Waals surface area contributed by atoms with Crippen molar-refractivity contribution in [2.45, 2.75) is 373 Å². The van der Waals surface area contributed by atoms with Gasteiger partial charge >= 0.3 is 0 Å². The van der Waals surface area contributed by atoms with Crippen LogP contribution in [0.4, 0.5) is 0 Å². The Morgan fingerprint density at radius 3 is 0.500 bits per heavy atom. The van der Waals surface area contributed by atoms with Crippen LogP contribution < -0.4 is 0 Å². The molecule has 0 saturated carbocycles. The number of hydrogen-bond donors (Lipinski definition) is 0. The molecule has 0 aromatic carbocycles. The highest BCUT2D eigenvalue weighted by Crippen LogP contribution is 2.38. The first-order valence-corrected chi connectivity index (χ1v) is 34.3. The van der Waals surface area contributed by atoms with Gasteiger partial charge in [0, 0.05) is 16.5 Å². The first kappa shape index (κ1) is 62.9. The second-order valence-corrected chi connectivity index (χ2v) is 25.4. The summed E-state index contributed by atoms with van der Waals surface area (Å²) in [5, 5.41) is 0. The van der Waals surface area contributed by atoms with E-state index in [-0.39, 0.29) is 0 Å². The summed E-state index contributed by atoms with van der Waals surface area (Å²) < 4.78 is 0. The Morgan fingerprint density at radius 2 is 0.323 bits per heavy atom.